The molecule has 0 aliphatic carbocycles. The number of carbonyl (C=O) groups excluding carboxylic acids is 1. The minimum absolute atomic E-state index is 0.0569. The first-order valence-electron chi connectivity index (χ1n) is 8.44. The maximum Gasteiger partial charge on any atom is 0.284 e. The van der Waals surface area contributed by atoms with Gasteiger partial charge in [-0.1, -0.05) is 0 Å². The van der Waals surface area contributed by atoms with Crippen LogP contribution in [0.2, 0.25) is 0 Å². The standard InChI is InChI=1S/C18H15FN4O5S/c19-12-1-3-13(4-2-12)23-11-20-10-15(23)18(24)21-22-29(25,26)14-5-6-16-17(9-14)28-8-7-27-16/h1-6,9-11,22H,7-8H2,(H,21,24). The number of amides is 1. The Labute approximate surface area is 165 Å². The summed E-state index contributed by atoms with van der Waals surface area (Å²) < 4.78 is 50.2. The highest BCUT2D eigenvalue weighted by Crippen LogP contribution is 2.32. The van der Waals surface area contributed by atoms with Gasteiger partial charge in [-0.2, -0.15) is 0 Å². The van der Waals surface area contributed by atoms with Crippen molar-refractivity contribution in [1.29, 1.82) is 0 Å². The third-order valence-electron chi connectivity index (χ3n) is 4.10. The van der Waals surface area contributed by atoms with Crippen molar-refractivity contribution in [2.24, 2.45) is 0 Å². The van der Waals surface area contributed by atoms with Gasteiger partial charge in [-0.25, -0.2) is 17.8 Å². The Hall–Kier alpha value is -3.44. The third-order valence-corrected chi connectivity index (χ3v) is 5.34. The lowest BCUT2D eigenvalue weighted by molar-refractivity contribution is 0.0938. The maximum absolute atomic E-state index is 13.1. The van der Waals surface area contributed by atoms with Crippen LogP contribution in [0.4, 0.5) is 4.39 Å². The summed E-state index contributed by atoms with van der Waals surface area (Å²) in [6.45, 7) is 0.698. The zero-order valence-corrected chi connectivity index (χ0v) is 15.6. The molecule has 0 radical (unpaired) electrons. The van der Waals surface area contributed by atoms with Gasteiger partial charge in [-0.15, -0.1) is 4.83 Å². The van der Waals surface area contributed by atoms with E-state index in [0.717, 1.165) is 0 Å². The number of sulfonamides is 1. The number of rotatable bonds is 5. The zero-order chi connectivity index (χ0) is 20.4. The number of ether oxygens (including phenoxy) is 2. The van der Waals surface area contributed by atoms with E-state index in [-0.39, 0.29) is 10.6 Å². The molecule has 3 aromatic rings. The Morgan fingerprint density at radius 1 is 1.07 bits per heavy atom. The minimum Gasteiger partial charge on any atom is -0.486 e. The first-order chi connectivity index (χ1) is 13.9. The van der Waals surface area contributed by atoms with Crippen molar-refractivity contribution in [2.45, 2.75) is 4.90 Å². The van der Waals surface area contributed by atoms with Crippen LogP contribution in [0.1, 0.15) is 10.5 Å². The normalized spacial score (nSPS) is 13.1. The fourth-order valence-electron chi connectivity index (χ4n) is 2.70. The maximum atomic E-state index is 13.1. The molecular formula is C18H15FN4O5S. The highest BCUT2D eigenvalue weighted by molar-refractivity contribution is 7.89. The largest absolute Gasteiger partial charge is 0.486 e. The van der Waals surface area contributed by atoms with E-state index in [1.54, 1.807) is 0 Å². The van der Waals surface area contributed by atoms with Gasteiger partial charge in [-0.05, 0) is 36.4 Å². The number of halogens is 1. The molecule has 11 heteroatoms. The number of carbonyl (C=O) groups is 1. The molecule has 1 aromatic heterocycles. The van der Waals surface area contributed by atoms with Crippen LogP contribution in [0, 0.1) is 5.82 Å². The van der Waals surface area contributed by atoms with Crippen LogP contribution in [-0.2, 0) is 10.0 Å². The van der Waals surface area contributed by atoms with Crippen LogP contribution >= 0.6 is 0 Å². The third kappa shape index (κ3) is 3.91. The Morgan fingerprint density at radius 3 is 2.55 bits per heavy atom. The summed E-state index contributed by atoms with van der Waals surface area (Å²) in [7, 11) is -4.06. The smallest absolute Gasteiger partial charge is 0.284 e. The van der Waals surface area contributed by atoms with Crippen molar-refractivity contribution in [2.75, 3.05) is 13.2 Å². The van der Waals surface area contributed by atoms with Crippen LogP contribution in [0.15, 0.2) is 59.9 Å². The Bertz CT molecular complexity index is 1160. The number of imidazole rings is 1. The number of nitrogens with one attached hydrogen (secondary N) is 2. The molecule has 0 fully saturated rings. The molecule has 150 valence electrons. The topological polar surface area (TPSA) is 112 Å². The van der Waals surface area contributed by atoms with Gasteiger partial charge in [0.15, 0.2) is 11.5 Å². The van der Waals surface area contributed by atoms with Crippen LogP contribution in [0.5, 0.6) is 11.5 Å². The number of fused-ring (bicyclic) bond motifs is 1. The van der Waals surface area contributed by atoms with Crippen molar-refractivity contribution in [3.63, 3.8) is 0 Å². The van der Waals surface area contributed by atoms with Gasteiger partial charge in [0.05, 0.1) is 17.4 Å². The molecule has 1 amide bonds. The summed E-state index contributed by atoms with van der Waals surface area (Å²) in [5, 5.41) is 0. The van der Waals surface area contributed by atoms with Gasteiger partial charge in [-0.3, -0.25) is 14.8 Å². The highest BCUT2D eigenvalue weighted by atomic mass is 32.2. The van der Waals surface area contributed by atoms with Gasteiger partial charge in [0.25, 0.3) is 15.9 Å². The zero-order valence-electron chi connectivity index (χ0n) is 14.8. The molecule has 2 heterocycles. The number of nitrogens with zero attached hydrogens (tertiary/aromatic N) is 2. The van der Waals surface area contributed by atoms with Gasteiger partial charge in [0, 0.05) is 11.8 Å². The van der Waals surface area contributed by atoms with Crippen LogP contribution in [0.25, 0.3) is 5.69 Å². The molecule has 0 saturated heterocycles. The lowest BCUT2D eigenvalue weighted by Gasteiger charge is -2.19. The number of benzene rings is 2. The quantitative estimate of drug-likeness (QED) is 0.606. The molecule has 9 nitrogen and oxygen atoms in total. The summed E-state index contributed by atoms with van der Waals surface area (Å²) in [5.41, 5.74) is 2.69. The first kappa shape index (κ1) is 18.9. The fraction of sp³-hybridized carbons (Fsp3) is 0.111. The van der Waals surface area contributed by atoms with E-state index in [0.29, 0.717) is 30.4 Å². The number of hydrazine groups is 1. The molecule has 0 saturated carbocycles. The second kappa shape index (κ2) is 7.53. The second-order valence-corrected chi connectivity index (χ2v) is 7.67. The van der Waals surface area contributed by atoms with Crippen LogP contribution < -0.4 is 19.7 Å². The van der Waals surface area contributed by atoms with Crippen molar-refractivity contribution >= 4 is 15.9 Å². The van der Waals surface area contributed by atoms with Crippen molar-refractivity contribution in [3.05, 3.63) is 66.5 Å². The molecule has 1 aliphatic rings. The fourth-order valence-corrected chi connectivity index (χ4v) is 3.55. The van der Waals surface area contributed by atoms with Crippen LogP contribution in [-0.4, -0.2) is 37.1 Å². The summed E-state index contributed by atoms with van der Waals surface area (Å²) in [6, 6.07) is 9.54. The predicted octanol–water partition coefficient (Wildman–Crippen LogP) is 1.41. The summed E-state index contributed by atoms with van der Waals surface area (Å²) in [4.78, 5) is 18.3. The number of hydrogen-bond acceptors (Lipinski definition) is 6. The van der Waals surface area contributed by atoms with Gasteiger partial charge >= 0.3 is 0 Å². The van der Waals surface area contributed by atoms with E-state index in [2.05, 4.69) is 10.4 Å². The average molecular weight is 418 g/mol. The molecule has 1 aliphatic heterocycles. The SMILES string of the molecule is O=C(NNS(=O)(=O)c1ccc2c(c1)OCCO2)c1cncn1-c1ccc(F)cc1. The molecule has 29 heavy (non-hydrogen) atoms. The van der Waals surface area contributed by atoms with Crippen molar-refractivity contribution < 1.29 is 27.1 Å². The molecule has 0 unspecified atom stereocenters. The van der Waals surface area contributed by atoms with Crippen molar-refractivity contribution in [1.82, 2.24) is 19.8 Å². The first-order valence-corrected chi connectivity index (χ1v) is 9.92. The Morgan fingerprint density at radius 2 is 1.79 bits per heavy atom. The molecular weight excluding hydrogens is 403 g/mol. The summed E-state index contributed by atoms with van der Waals surface area (Å²) in [6.07, 6.45) is 2.62. The lowest BCUT2D eigenvalue weighted by atomic mass is 10.3. The van der Waals surface area contributed by atoms with E-state index >= 15 is 0 Å². The van der Waals surface area contributed by atoms with E-state index < -0.39 is 21.7 Å². The molecule has 4 rings (SSSR count). The Kier molecular flexibility index (Phi) is 4.91. The van der Waals surface area contributed by atoms with Crippen molar-refractivity contribution in [3.8, 4) is 17.2 Å². The predicted molar refractivity (Wildman–Crippen MR) is 98.7 cm³/mol. The van der Waals surface area contributed by atoms with E-state index in [1.807, 2.05) is 4.83 Å². The van der Waals surface area contributed by atoms with Crippen LogP contribution in [0.3, 0.4) is 0 Å². The number of aromatic nitrogens is 2. The molecule has 0 bridgehead atoms. The second-order valence-electron chi connectivity index (χ2n) is 5.99. The molecule has 2 N–H and O–H groups in total. The minimum atomic E-state index is -4.06. The monoisotopic (exact) mass is 418 g/mol. The molecule has 0 spiro atoms. The van der Waals surface area contributed by atoms with Gasteiger partial charge < -0.3 is 9.47 Å². The summed E-state index contributed by atoms with van der Waals surface area (Å²) >= 11 is 0. The average Bonchev–Trinajstić information content (AvgIpc) is 3.22. The highest BCUT2D eigenvalue weighted by Gasteiger charge is 2.21. The molecule has 2 aromatic carbocycles. The van der Waals surface area contributed by atoms with Gasteiger partial charge in [0.2, 0.25) is 0 Å². The van der Waals surface area contributed by atoms with E-state index in [1.165, 1.54) is 59.6 Å². The van der Waals surface area contributed by atoms with E-state index in [4.69, 9.17) is 9.47 Å². The lowest BCUT2D eigenvalue weighted by Crippen LogP contribution is -2.42. The summed E-state index contributed by atoms with van der Waals surface area (Å²) in [5.74, 6) is -0.415. The molecule has 0 atom stereocenters. The van der Waals surface area contributed by atoms with Gasteiger partial charge in [0.1, 0.15) is 24.7 Å². The van der Waals surface area contributed by atoms with E-state index in [9.17, 15) is 17.6 Å². The Balaban J connectivity index is 1.50. The number of hydrogen-bond donors (Lipinski definition) is 2.